The third-order valence-electron chi connectivity index (χ3n) is 5.17. The summed E-state index contributed by atoms with van der Waals surface area (Å²) in [5.41, 5.74) is -1.35. The fraction of sp³-hybridized carbons (Fsp3) is 0.731. The van der Waals surface area contributed by atoms with Crippen molar-refractivity contribution in [1.82, 2.24) is 16.0 Å². The summed E-state index contributed by atoms with van der Waals surface area (Å²) in [5, 5.41) is 7.72. The van der Waals surface area contributed by atoms with Gasteiger partial charge in [0.2, 0.25) is 11.9 Å². The van der Waals surface area contributed by atoms with E-state index in [-0.39, 0.29) is 30.0 Å². The van der Waals surface area contributed by atoms with E-state index in [0.717, 1.165) is 0 Å². The molecule has 1 aliphatic carbocycles. The summed E-state index contributed by atoms with van der Waals surface area (Å²) in [6, 6.07) is -1.56. The van der Waals surface area contributed by atoms with E-state index < -0.39 is 47.5 Å². The molecule has 0 heterocycles. The summed E-state index contributed by atoms with van der Waals surface area (Å²) >= 11 is 0. The Morgan fingerprint density at radius 3 is 1.87 bits per heavy atom. The van der Waals surface area contributed by atoms with Crippen LogP contribution in [0.2, 0.25) is 0 Å². The molecule has 38 heavy (non-hydrogen) atoms. The summed E-state index contributed by atoms with van der Waals surface area (Å²) in [5.74, 6) is -1.20. The lowest BCUT2D eigenvalue weighted by Crippen LogP contribution is -2.55. The quantitative estimate of drug-likeness (QED) is 0.192. The highest BCUT2D eigenvalue weighted by Gasteiger charge is 2.38. The number of nitrogens with zero attached hydrogens (tertiary/aromatic N) is 1. The van der Waals surface area contributed by atoms with E-state index >= 15 is 0 Å². The van der Waals surface area contributed by atoms with Gasteiger partial charge in [-0.1, -0.05) is 13.8 Å². The number of aliphatic imine (C=N–C) groups is 1. The molecule has 0 spiro atoms. The lowest BCUT2D eigenvalue weighted by Gasteiger charge is -2.36. The standard InChI is InChI=1S/C26H44N4O8/c1-11-17(12-2)36-19-14-16(21(32)35-10)13-18(20(19)27-15(3)31)28-22(29-23(33)37-25(4,5)6)30-24(34)38-26(7,8)9/h14,17-20H,11-13H2,1-10H3,(H,27,31)(H2,28,29,30,33,34)/t18-,19+,20+/m0/s1. The van der Waals surface area contributed by atoms with Crippen molar-refractivity contribution in [2.24, 2.45) is 4.99 Å². The molecule has 1 rings (SSSR count). The number of methoxy groups -OCH3 is 1. The molecule has 0 aromatic heterocycles. The van der Waals surface area contributed by atoms with Crippen molar-refractivity contribution in [1.29, 1.82) is 0 Å². The highest BCUT2D eigenvalue weighted by Crippen LogP contribution is 2.27. The van der Waals surface area contributed by atoms with Crippen LogP contribution in [-0.2, 0) is 28.5 Å². The van der Waals surface area contributed by atoms with Crippen LogP contribution in [0.3, 0.4) is 0 Å². The monoisotopic (exact) mass is 540 g/mol. The molecular weight excluding hydrogens is 496 g/mol. The third-order valence-corrected chi connectivity index (χ3v) is 5.17. The molecule has 3 amide bonds. The number of hydrogen-bond donors (Lipinski definition) is 3. The maximum atomic E-state index is 12.6. The minimum atomic E-state index is -0.868. The van der Waals surface area contributed by atoms with E-state index in [2.05, 4.69) is 20.9 Å². The van der Waals surface area contributed by atoms with Crippen LogP contribution < -0.4 is 16.0 Å². The number of carbonyl (C=O) groups excluding carboxylic acids is 4. The summed E-state index contributed by atoms with van der Waals surface area (Å²) in [7, 11) is 1.26. The zero-order chi connectivity index (χ0) is 29.3. The third kappa shape index (κ3) is 11.9. The van der Waals surface area contributed by atoms with Gasteiger partial charge in [-0.25, -0.2) is 19.4 Å². The number of rotatable bonds is 7. The molecule has 0 aromatic rings. The van der Waals surface area contributed by atoms with Gasteiger partial charge in [-0.2, -0.15) is 0 Å². The van der Waals surface area contributed by atoms with Crippen LogP contribution >= 0.6 is 0 Å². The van der Waals surface area contributed by atoms with Gasteiger partial charge in [0.1, 0.15) is 11.2 Å². The first-order valence-corrected chi connectivity index (χ1v) is 12.8. The van der Waals surface area contributed by atoms with Crippen LogP contribution in [0.5, 0.6) is 0 Å². The molecule has 3 N–H and O–H groups in total. The Balaban J connectivity index is 3.53. The number of esters is 1. The van der Waals surface area contributed by atoms with Crippen molar-refractivity contribution in [3.63, 3.8) is 0 Å². The Labute approximate surface area is 225 Å². The Kier molecular flexibility index (Phi) is 12.2. The Morgan fingerprint density at radius 1 is 0.974 bits per heavy atom. The van der Waals surface area contributed by atoms with Crippen molar-refractivity contribution < 1.29 is 38.1 Å². The largest absolute Gasteiger partial charge is 0.466 e. The molecule has 1 aliphatic rings. The maximum Gasteiger partial charge on any atom is 0.414 e. The molecule has 12 heteroatoms. The van der Waals surface area contributed by atoms with Gasteiger partial charge in [0.25, 0.3) is 0 Å². The Morgan fingerprint density at radius 2 is 1.47 bits per heavy atom. The summed E-state index contributed by atoms with van der Waals surface area (Å²) in [6.07, 6.45) is 0.467. The van der Waals surface area contributed by atoms with Crippen LogP contribution in [0.4, 0.5) is 9.59 Å². The zero-order valence-electron chi connectivity index (χ0n) is 24.2. The second-order valence-electron chi connectivity index (χ2n) is 11.0. The molecular formula is C26H44N4O8. The topological polar surface area (TPSA) is 154 Å². The van der Waals surface area contributed by atoms with Crippen LogP contribution in [0, 0.1) is 0 Å². The number of nitrogens with one attached hydrogen (secondary N) is 3. The van der Waals surface area contributed by atoms with Gasteiger partial charge in [-0.15, -0.1) is 0 Å². The number of amides is 3. The lowest BCUT2D eigenvalue weighted by molar-refractivity contribution is -0.136. The van der Waals surface area contributed by atoms with E-state index in [0.29, 0.717) is 12.8 Å². The van der Waals surface area contributed by atoms with Gasteiger partial charge >= 0.3 is 18.2 Å². The minimum Gasteiger partial charge on any atom is -0.466 e. The normalized spacial score (nSPS) is 19.6. The highest BCUT2D eigenvalue weighted by molar-refractivity contribution is 6.01. The first-order chi connectivity index (χ1) is 17.5. The van der Waals surface area contributed by atoms with E-state index in [1.54, 1.807) is 47.6 Å². The SMILES string of the molecule is CCC(CC)O[C@@H]1C=C(C(=O)OC)C[C@H](N=C(NC(=O)OC(C)(C)C)NC(=O)OC(C)(C)C)[C@H]1NC(C)=O. The molecule has 0 saturated heterocycles. The summed E-state index contributed by atoms with van der Waals surface area (Å²) in [6.45, 7) is 15.4. The second-order valence-corrected chi connectivity index (χ2v) is 11.0. The Bertz CT molecular complexity index is 881. The van der Waals surface area contributed by atoms with E-state index in [1.807, 2.05) is 13.8 Å². The van der Waals surface area contributed by atoms with Crippen LogP contribution in [0.1, 0.15) is 81.6 Å². The average Bonchev–Trinajstić information content (AvgIpc) is 2.75. The molecule has 0 saturated carbocycles. The van der Waals surface area contributed by atoms with Gasteiger partial charge in [0, 0.05) is 18.9 Å². The summed E-state index contributed by atoms with van der Waals surface area (Å²) in [4.78, 5) is 54.3. The fourth-order valence-corrected chi connectivity index (χ4v) is 3.65. The van der Waals surface area contributed by atoms with Gasteiger partial charge in [-0.3, -0.25) is 15.4 Å². The maximum absolute atomic E-state index is 12.6. The minimum absolute atomic E-state index is 0.0376. The van der Waals surface area contributed by atoms with Crippen molar-refractivity contribution in [3.05, 3.63) is 11.6 Å². The van der Waals surface area contributed by atoms with E-state index in [1.165, 1.54) is 14.0 Å². The average molecular weight is 541 g/mol. The smallest absolute Gasteiger partial charge is 0.414 e. The number of guanidine groups is 1. The molecule has 216 valence electrons. The highest BCUT2D eigenvalue weighted by atomic mass is 16.6. The van der Waals surface area contributed by atoms with Crippen LogP contribution in [0.25, 0.3) is 0 Å². The second kappa shape index (κ2) is 14.1. The molecule has 0 bridgehead atoms. The number of hydrogen-bond acceptors (Lipinski definition) is 9. The fourth-order valence-electron chi connectivity index (χ4n) is 3.65. The van der Waals surface area contributed by atoms with Crippen molar-refractivity contribution >= 4 is 30.0 Å². The summed E-state index contributed by atoms with van der Waals surface area (Å²) < 4.78 is 21.8. The molecule has 0 fully saturated rings. The number of alkyl carbamates (subject to hydrolysis) is 2. The van der Waals surface area contributed by atoms with Gasteiger partial charge in [0.15, 0.2) is 0 Å². The predicted octanol–water partition coefficient (Wildman–Crippen LogP) is 3.34. The molecule has 0 aliphatic heterocycles. The van der Waals surface area contributed by atoms with E-state index in [4.69, 9.17) is 18.9 Å². The molecule has 12 nitrogen and oxygen atoms in total. The van der Waals surface area contributed by atoms with Gasteiger partial charge < -0.3 is 24.3 Å². The number of carbonyl (C=O) groups is 4. The van der Waals surface area contributed by atoms with Crippen molar-refractivity contribution in [2.75, 3.05) is 7.11 Å². The van der Waals surface area contributed by atoms with Gasteiger partial charge in [0.05, 0.1) is 31.4 Å². The molecule has 0 unspecified atom stereocenters. The van der Waals surface area contributed by atoms with Crippen molar-refractivity contribution in [3.8, 4) is 0 Å². The molecule has 0 aromatic carbocycles. The van der Waals surface area contributed by atoms with Gasteiger partial charge in [-0.05, 0) is 60.5 Å². The first kappa shape index (κ1) is 32.9. The van der Waals surface area contributed by atoms with E-state index in [9.17, 15) is 19.2 Å². The van der Waals surface area contributed by atoms with Crippen molar-refractivity contribution in [2.45, 2.75) is 117 Å². The lowest BCUT2D eigenvalue weighted by atomic mass is 9.88. The number of ether oxygens (including phenoxy) is 4. The van der Waals surface area contributed by atoms with Crippen LogP contribution in [0.15, 0.2) is 16.6 Å². The van der Waals surface area contributed by atoms with Crippen LogP contribution in [-0.4, -0.2) is 72.6 Å². The first-order valence-electron chi connectivity index (χ1n) is 12.8. The predicted molar refractivity (Wildman–Crippen MR) is 142 cm³/mol. The Hall–Kier alpha value is -3.15. The zero-order valence-corrected chi connectivity index (χ0v) is 24.2. The molecule has 0 radical (unpaired) electrons. The molecule has 3 atom stereocenters.